The van der Waals surface area contributed by atoms with Crippen LogP contribution in [0.4, 0.5) is 4.79 Å². The molecule has 1 amide bonds. The van der Waals surface area contributed by atoms with E-state index in [2.05, 4.69) is 25.9 Å². The molecule has 0 atom stereocenters. The van der Waals surface area contributed by atoms with Crippen molar-refractivity contribution in [3.63, 3.8) is 0 Å². The number of thiazole rings is 1. The summed E-state index contributed by atoms with van der Waals surface area (Å²) in [6, 6.07) is 0. The summed E-state index contributed by atoms with van der Waals surface area (Å²) in [5.41, 5.74) is -0.480. The molecule has 0 aliphatic rings. The number of nitrogens with one attached hydrogen (secondary N) is 3. The van der Waals surface area contributed by atoms with E-state index in [0.29, 0.717) is 13.1 Å². The number of aliphatic imine (C=N–C) groups is 1. The third kappa shape index (κ3) is 13.2. The molecule has 0 unspecified atom stereocenters. The minimum atomic E-state index is -0.480. The van der Waals surface area contributed by atoms with E-state index in [-0.39, 0.29) is 24.0 Å². The van der Waals surface area contributed by atoms with Crippen molar-refractivity contribution in [2.75, 3.05) is 32.4 Å². The SMILES string of the molecule is CN=C(NCCCSc1nccs1)NCCNC(=O)OC(C)(C)C.I. The van der Waals surface area contributed by atoms with Crippen LogP contribution in [0.2, 0.25) is 0 Å². The fraction of sp³-hybridized carbons (Fsp3) is 0.667. The summed E-state index contributed by atoms with van der Waals surface area (Å²) >= 11 is 3.42. The summed E-state index contributed by atoms with van der Waals surface area (Å²) in [4.78, 5) is 19.9. The van der Waals surface area contributed by atoms with Crippen molar-refractivity contribution in [2.45, 2.75) is 37.1 Å². The molecular formula is C15H28IN5O2S2. The summed E-state index contributed by atoms with van der Waals surface area (Å²) in [6.07, 6.45) is 2.43. The zero-order chi connectivity index (χ0) is 17.8. The fourth-order valence-corrected chi connectivity index (χ4v) is 3.25. The lowest BCUT2D eigenvalue weighted by Gasteiger charge is -2.19. The molecule has 1 heterocycles. The molecule has 25 heavy (non-hydrogen) atoms. The van der Waals surface area contributed by atoms with Crippen molar-refractivity contribution in [2.24, 2.45) is 4.99 Å². The van der Waals surface area contributed by atoms with Gasteiger partial charge in [-0.3, -0.25) is 4.99 Å². The summed E-state index contributed by atoms with van der Waals surface area (Å²) in [5.74, 6) is 1.73. The molecule has 7 nitrogen and oxygen atoms in total. The molecular weight excluding hydrogens is 473 g/mol. The van der Waals surface area contributed by atoms with E-state index in [1.54, 1.807) is 30.1 Å². The number of amides is 1. The first-order valence-corrected chi connectivity index (χ1v) is 9.71. The van der Waals surface area contributed by atoms with Gasteiger partial charge >= 0.3 is 6.09 Å². The predicted octanol–water partition coefficient (Wildman–Crippen LogP) is 2.93. The number of alkyl carbamates (subject to hydrolysis) is 1. The molecule has 0 saturated heterocycles. The Labute approximate surface area is 175 Å². The molecule has 0 aliphatic heterocycles. The zero-order valence-electron chi connectivity index (χ0n) is 15.1. The van der Waals surface area contributed by atoms with Crippen LogP contribution >= 0.6 is 47.1 Å². The van der Waals surface area contributed by atoms with E-state index in [4.69, 9.17) is 4.74 Å². The summed E-state index contributed by atoms with van der Waals surface area (Å²) in [6.45, 7) is 7.38. The highest BCUT2D eigenvalue weighted by atomic mass is 127. The molecule has 0 spiro atoms. The first-order valence-electron chi connectivity index (χ1n) is 7.84. The Morgan fingerprint density at radius 2 is 1.96 bits per heavy atom. The van der Waals surface area contributed by atoms with Crippen molar-refractivity contribution >= 4 is 59.1 Å². The van der Waals surface area contributed by atoms with Crippen molar-refractivity contribution in [3.05, 3.63) is 11.6 Å². The van der Waals surface area contributed by atoms with Crippen LogP contribution in [-0.4, -0.2) is 55.1 Å². The van der Waals surface area contributed by atoms with Crippen LogP contribution < -0.4 is 16.0 Å². The van der Waals surface area contributed by atoms with Gasteiger partial charge in [0.2, 0.25) is 0 Å². The van der Waals surface area contributed by atoms with E-state index in [0.717, 1.165) is 29.0 Å². The third-order valence-electron chi connectivity index (χ3n) is 2.56. The number of hydrogen-bond donors (Lipinski definition) is 3. The molecule has 10 heteroatoms. The van der Waals surface area contributed by atoms with Crippen molar-refractivity contribution in [3.8, 4) is 0 Å². The van der Waals surface area contributed by atoms with Gasteiger partial charge in [0.25, 0.3) is 0 Å². The zero-order valence-corrected chi connectivity index (χ0v) is 19.1. The largest absolute Gasteiger partial charge is 0.444 e. The van der Waals surface area contributed by atoms with Gasteiger partial charge in [0, 0.05) is 44.0 Å². The topological polar surface area (TPSA) is 87.6 Å². The maximum absolute atomic E-state index is 11.5. The summed E-state index contributed by atoms with van der Waals surface area (Å²) < 4.78 is 6.27. The second kappa shape index (κ2) is 13.5. The maximum atomic E-state index is 11.5. The van der Waals surface area contributed by atoms with E-state index >= 15 is 0 Å². The molecule has 0 fully saturated rings. The van der Waals surface area contributed by atoms with E-state index in [9.17, 15) is 4.79 Å². The number of guanidine groups is 1. The van der Waals surface area contributed by atoms with Crippen LogP contribution in [0.25, 0.3) is 0 Å². The lowest BCUT2D eigenvalue weighted by atomic mass is 10.2. The van der Waals surface area contributed by atoms with Gasteiger partial charge in [0.15, 0.2) is 5.96 Å². The highest BCUT2D eigenvalue weighted by Crippen LogP contribution is 2.20. The number of carbonyl (C=O) groups is 1. The van der Waals surface area contributed by atoms with Gasteiger partial charge in [-0.15, -0.1) is 35.3 Å². The van der Waals surface area contributed by atoms with E-state index in [1.807, 2.05) is 32.3 Å². The van der Waals surface area contributed by atoms with Crippen molar-refractivity contribution in [1.82, 2.24) is 20.9 Å². The average Bonchev–Trinajstić information content (AvgIpc) is 3.00. The van der Waals surface area contributed by atoms with Crippen LogP contribution in [0.5, 0.6) is 0 Å². The van der Waals surface area contributed by atoms with Gasteiger partial charge in [-0.1, -0.05) is 11.8 Å². The third-order valence-corrected chi connectivity index (χ3v) is 4.61. The number of nitrogens with zero attached hydrogens (tertiary/aromatic N) is 2. The van der Waals surface area contributed by atoms with Gasteiger partial charge < -0.3 is 20.7 Å². The first kappa shape index (κ1) is 24.2. The summed E-state index contributed by atoms with van der Waals surface area (Å²) in [7, 11) is 1.72. The van der Waals surface area contributed by atoms with Gasteiger partial charge in [-0.25, -0.2) is 9.78 Å². The van der Waals surface area contributed by atoms with Gasteiger partial charge in [-0.2, -0.15) is 0 Å². The Morgan fingerprint density at radius 3 is 2.56 bits per heavy atom. The molecule has 0 radical (unpaired) electrons. The van der Waals surface area contributed by atoms with Crippen LogP contribution in [0.1, 0.15) is 27.2 Å². The molecule has 144 valence electrons. The number of rotatable bonds is 8. The molecule has 1 aromatic heterocycles. The second-order valence-corrected chi connectivity index (χ2v) is 8.09. The van der Waals surface area contributed by atoms with Crippen LogP contribution in [0, 0.1) is 0 Å². The van der Waals surface area contributed by atoms with Crippen molar-refractivity contribution < 1.29 is 9.53 Å². The van der Waals surface area contributed by atoms with Crippen LogP contribution in [0.15, 0.2) is 20.9 Å². The quantitative estimate of drug-likeness (QED) is 0.167. The number of carbonyl (C=O) groups excluding carboxylic acids is 1. The molecule has 1 rings (SSSR count). The first-order chi connectivity index (χ1) is 11.4. The minimum absolute atomic E-state index is 0. The van der Waals surface area contributed by atoms with E-state index < -0.39 is 11.7 Å². The van der Waals surface area contributed by atoms with Crippen LogP contribution in [0.3, 0.4) is 0 Å². The minimum Gasteiger partial charge on any atom is -0.444 e. The standard InChI is InChI=1S/C15H27N5O2S2.HI/c1-15(2,3)22-13(21)19-8-7-18-12(16-4)17-6-5-10-23-14-20-9-11-24-14;/h9,11H,5-8,10H2,1-4H3,(H,19,21)(H2,16,17,18);1H. The van der Waals surface area contributed by atoms with Crippen molar-refractivity contribution in [1.29, 1.82) is 0 Å². The molecule has 0 bridgehead atoms. The molecule has 0 aromatic carbocycles. The Balaban J connectivity index is 0.00000576. The maximum Gasteiger partial charge on any atom is 0.407 e. The number of ether oxygens (including phenoxy) is 1. The number of hydrogen-bond acceptors (Lipinski definition) is 6. The van der Waals surface area contributed by atoms with Crippen LogP contribution in [-0.2, 0) is 4.74 Å². The predicted molar refractivity (Wildman–Crippen MR) is 116 cm³/mol. The second-order valence-electron chi connectivity index (χ2n) is 5.85. The molecule has 1 aromatic rings. The summed E-state index contributed by atoms with van der Waals surface area (Å²) in [5, 5.41) is 11.1. The Kier molecular flexibility index (Phi) is 13.0. The Morgan fingerprint density at radius 1 is 1.28 bits per heavy atom. The highest BCUT2D eigenvalue weighted by molar-refractivity contribution is 14.0. The number of thioether (sulfide) groups is 1. The monoisotopic (exact) mass is 501 g/mol. The van der Waals surface area contributed by atoms with Gasteiger partial charge in [-0.05, 0) is 27.2 Å². The smallest absolute Gasteiger partial charge is 0.407 e. The van der Waals surface area contributed by atoms with E-state index in [1.165, 1.54) is 0 Å². The Bertz CT molecular complexity index is 507. The van der Waals surface area contributed by atoms with Gasteiger partial charge in [0.05, 0.1) is 0 Å². The number of aromatic nitrogens is 1. The Hall–Kier alpha value is -0.750. The fourth-order valence-electron chi connectivity index (χ4n) is 1.60. The molecule has 0 aliphatic carbocycles. The lowest BCUT2D eigenvalue weighted by Crippen LogP contribution is -2.42. The normalized spacial score (nSPS) is 11.4. The highest BCUT2D eigenvalue weighted by Gasteiger charge is 2.15. The average molecular weight is 501 g/mol. The molecule has 3 N–H and O–H groups in total. The number of halogens is 1. The van der Waals surface area contributed by atoms with Gasteiger partial charge in [0.1, 0.15) is 9.94 Å². The lowest BCUT2D eigenvalue weighted by molar-refractivity contribution is 0.0529. The molecule has 0 saturated carbocycles.